The number of aldehydes is 1. The molecule has 0 aromatic heterocycles. The van der Waals surface area contributed by atoms with Gasteiger partial charge in [-0.25, -0.2) is 0 Å². The first-order valence-corrected chi connectivity index (χ1v) is 13.6. The standard InChI is InChI=1S/C21H39N3OS.C6H8O2.CH4/c1-7-17(8-2)13-15(3)16(4)22-20-23-19(25)21(5,26-20)14-18-9-11-24(6)12-10-18;1-2-8-6-4-3-5-7;/h15-18H,7-14H2,1-6H3,(H,22,23,25);2,4-6H,1,3H2;1H4/b;6-4-;. The van der Waals surface area contributed by atoms with E-state index in [1.165, 1.54) is 44.6 Å². The largest absolute Gasteiger partial charge is 0.474 e. The van der Waals surface area contributed by atoms with Crippen LogP contribution in [0.4, 0.5) is 0 Å². The Balaban J connectivity index is 0.00000111. The minimum Gasteiger partial charge on any atom is -0.474 e. The molecule has 0 aromatic carbocycles. The van der Waals surface area contributed by atoms with Crippen LogP contribution in [0.5, 0.6) is 0 Å². The summed E-state index contributed by atoms with van der Waals surface area (Å²) < 4.78 is 4.21. The maximum Gasteiger partial charge on any atom is 0.242 e. The predicted molar refractivity (Wildman–Crippen MR) is 152 cm³/mol. The fourth-order valence-electron chi connectivity index (χ4n) is 4.40. The van der Waals surface area contributed by atoms with Gasteiger partial charge in [-0.15, -0.1) is 0 Å². The fourth-order valence-corrected chi connectivity index (χ4v) is 5.66. The maximum absolute atomic E-state index is 12.6. The topological polar surface area (TPSA) is 71.0 Å². The highest BCUT2D eigenvalue weighted by Crippen LogP contribution is 2.40. The Morgan fingerprint density at radius 1 is 1.29 bits per heavy atom. The molecule has 7 heteroatoms. The highest BCUT2D eigenvalue weighted by atomic mass is 32.2. The number of nitrogens with zero attached hydrogens (tertiary/aromatic N) is 2. The van der Waals surface area contributed by atoms with Crippen molar-refractivity contribution in [2.24, 2.45) is 22.7 Å². The second-order valence-electron chi connectivity index (χ2n) is 9.89. The van der Waals surface area contributed by atoms with E-state index in [1.807, 2.05) is 0 Å². The number of hydrogen-bond acceptors (Lipinski definition) is 6. The number of carbonyl (C=O) groups is 2. The van der Waals surface area contributed by atoms with Crippen LogP contribution >= 0.6 is 11.8 Å². The second-order valence-corrected chi connectivity index (χ2v) is 11.4. The number of piperidine rings is 1. The lowest BCUT2D eigenvalue weighted by molar-refractivity contribution is -0.121. The summed E-state index contributed by atoms with van der Waals surface area (Å²) in [5.74, 6) is 2.14. The van der Waals surface area contributed by atoms with Crippen molar-refractivity contribution < 1.29 is 14.3 Å². The average Bonchev–Trinajstić information content (AvgIpc) is 3.09. The van der Waals surface area contributed by atoms with Gasteiger partial charge in [-0.3, -0.25) is 9.79 Å². The van der Waals surface area contributed by atoms with Gasteiger partial charge in [0.25, 0.3) is 0 Å². The third kappa shape index (κ3) is 12.3. The van der Waals surface area contributed by atoms with Crippen molar-refractivity contribution in [3.63, 3.8) is 0 Å². The SMILES string of the molecule is C.C=CO/C=C\CC=O.CCC(CC)CC(C)C(C)N=C1NC(=O)C(C)(CC2CCN(C)CC2)S1. The summed E-state index contributed by atoms with van der Waals surface area (Å²) in [5, 5.41) is 3.92. The molecule has 35 heavy (non-hydrogen) atoms. The molecule has 0 aromatic rings. The monoisotopic (exact) mass is 509 g/mol. The van der Waals surface area contributed by atoms with Gasteiger partial charge in [-0.05, 0) is 83.5 Å². The molecule has 2 rings (SSSR count). The number of amidine groups is 1. The summed E-state index contributed by atoms with van der Waals surface area (Å²) >= 11 is 1.67. The maximum atomic E-state index is 12.6. The van der Waals surface area contributed by atoms with E-state index in [2.05, 4.69) is 63.2 Å². The number of allylic oxidation sites excluding steroid dienone is 1. The number of aliphatic imine (C=N–C) groups is 1. The Morgan fingerprint density at radius 3 is 2.46 bits per heavy atom. The summed E-state index contributed by atoms with van der Waals surface area (Å²) in [7, 11) is 2.18. The van der Waals surface area contributed by atoms with E-state index in [-0.39, 0.29) is 24.1 Å². The van der Waals surface area contributed by atoms with E-state index in [4.69, 9.17) is 4.99 Å². The first kappa shape index (κ1) is 33.4. The van der Waals surface area contributed by atoms with Gasteiger partial charge in [0.05, 0.1) is 23.3 Å². The Hall–Kier alpha value is -1.60. The molecular formula is C28H51N3O3S. The van der Waals surface area contributed by atoms with E-state index in [0.717, 1.165) is 36.9 Å². The first-order valence-electron chi connectivity index (χ1n) is 12.8. The van der Waals surface area contributed by atoms with Gasteiger partial charge in [0.1, 0.15) is 6.29 Å². The minimum absolute atomic E-state index is 0. The van der Waals surface area contributed by atoms with Crippen molar-refractivity contribution >= 4 is 29.1 Å². The van der Waals surface area contributed by atoms with Crippen LogP contribution in [0.1, 0.15) is 87.0 Å². The van der Waals surface area contributed by atoms with E-state index >= 15 is 0 Å². The van der Waals surface area contributed by atoms with Crippen molar-refractivity contribution in [2.45, 2.75) is 97.8 Å². The Kier molecular flexibility index (Phi) is 17.0. The number of hydrogen-bond donors (Lipinski definition) is 1. The first-order chi connectivity index (χ1) is 16.2. The molecule has 0 radical (unpaired) electrons. The highest BCUT2D eigenvalue weighted by molar-refractivity contribution is 8.16. The average molecular weight is 510 g/mol. The van der Waals surface area contributed by atoms with Crippen LogP contribution in [-0.2, 0) is 14.3 Å². The molecule has 2 fully saturated rings. The third-order valence-corrected chi connectivity index (χ3v) is 8.25. The van der Waals surface area contributed by atoms with E-state index in [9.17, 15) is 9.59 Å². The van der Waals surface area contributed by atoms with Crippen LogP contribution in [0.3, 0.4) is 0 Å². The molecule has 1 N–H and O–H groups in total. The van der Waals surface area contributed by atoms with Gasteiger partial charge >= 0.3 is 0 Å². The van der Waals surface area contributed by atoms with Crippen LogP contribution in [0.15, 0.2) is 30.2 Å². The van der Waals surface area contributed by atoms with E-state index in [1.54, 1.807) is 17.8 Å². The summed E-state index contributed by atoms with van der Waals surface area (Å²) in [6.07, 6.45) is 12.6. The predicted octanol–water partition coefficient (Wildman–Crippen LogP) is 6.43. The Bertz CT molecular complexity index is 673. The lowest BCUT2D eigenvalue weighted by atomic mass is 9.87. The fraction of sp³-hybridized carbons (Fsp3) is 0.750. The molecule has 2 aliphatic heterocycles. The van der Waals surface area contributed by atoms with Gasteiger partial charge in [0.15, 0.2) is 5.17 Å². The molecule has 6 nitrogen and oxygen atoms in total. The Morgan fingerprint density at radius 2 is 1.91 bits per heavy atom. The number of rotatable bonds is 12. The minimum atomic E-state index is -0.349. The number of thioether (sulfide) groups is 1. The highest BCUT2D eigenvalue weighted by Gasteiger charge is 2.44. The Labute approximate surface area is 219 Å². The molecule has 1 amide bonds. The number of amides is 1. The smallest absolute Gasteiger partial charge is 0.242 e. The number of ether oxygens (including phenoxy) is 1. The zero-order valence-corrected chi connectivity index (χ0v) is 23.0. The third-order valence-electron chi connectivity index (χ3n) is 7.05. The molecule has 0 saturated carbocycles. The zero-order chi connectivity index (χ0) is 25.6. The van der Waals surface area contributed by atoms with Crippen LogP contribution in [-0.4, -0.2) is 53.2 Å². The number of nitrogens with one attached hydrogen (secondary N) is 1. The van der Waals surface area contributed by atoms with Crippen molar-refractivity contribution in [3.05, 3.63) is 25.2 Å². The summed E-state index contributed by atoms with van der Waals surface area (Å²) in [5.41, 5.74) is 0. The van der Waals surface area contributed by atoms with Crippen LogP contribution < -0.4 is 5.32 Å². The van der Waals surface area contributed by atoms with Gasteiger partial charge in [0, 0.05) is 6.42 Å². The summed E-state index contributed by atoms with van der Waals surface area (Å²) in [6.45, 7) is 16.7. The van der Waals surface area contributed by atoms with Crippen molar-refractivity contribution in [3.8, 4) is 0 Å². The molecule has 2 saturated heterocycles. The van der Waals surface area contributed by atoms with Crippen LogP contribution in [0.25, 0.3) is 0 Å². The van der Waals surface area contributed by atoms with Crippen LogP contribution in [0.2, 0.25) is 0 Å². The molecule has 2 aliphatic rings. The van der Waals surface area contributed by atoms with Crippen LogP contribution in [0, 0.1) is 17.8 Å². The van der Waals surface area contributed by atoms with E-state index < -0.39 is 0 Å². The molecule has 2 heterocycles. The quantitative estimate of drug-likeness (QED) is 0.242. The van der Waals surface area contributed by atoms with Crippen molar-refractivity contribution in [2.75, 3.05) is 20.1 Å². The molecule has 0 aliphatic carbocycles. The van der Waals surface area contributed by atoms with Crippen molar-refractivity contribution in [1.29, 1.82) is 0 Å². The lowest BCUT2D eigenvalue weighted by Gasteiger charge is -2.32. The zero-order valence-electron chi connectivity index (χ0n) is 22.2. The molecular weight excluding hydrogens is 458 g/mol. The lowest BCUT2D eigenvalue weighted by Crippen LogP contribution is -2.38. The second kappa shape index (κ2) is 17.8. The van der Waals surface area contributed by atoms with Gasteiger partial charge in [-0.2, -0.15) is 0 Å². The molecule has 3 unspecified atom stereocenters. The molecule has 3 atom stereocenters. The van der Waals surface area contributed by atoms with Gasteiger partial charge in [-0.1, -0.05) is 59.4 Å². The van der Waals surface area contributed by atoms with Crippen molar-refractivity contribution in [1.82, 2.24) is 10.2 Å². The summed E-state index contributed by atoms with van der Waals surface area (Å²) in [4.78, 5) is 29.6. The summed E-state index contributed by atoms with van der Waals surface area (Å²) in [6, 6.07) is 0.254. The van der Waals surface area contributed by atoms with E-state index in [0.29, 0.717) is 18.3 Å². The van der Waals surface area contributed by atoms with Gasteiger partial charge in [0.2, 0.25) is 5.91 Å². The van der Waals surface area contributed by atoms with Gasteiger partial charge < -0.3 is 19.7 Å². The normalized spacial score (nSPS) is 23.9. The molecule has 0 bridgehead atoms. The molecule has 202 valence electrons. The number of likely N-dealkylation sites (tertiary alicyclic amines) is 1. The number of carbonyl (C=O) groups excluding carboxylic acids is 2. The molecule has 0 spiro atoms.